The number of ether oxygens (including phenoxy) is 1. The SMILES string of the molecule is NC1(C(=O)O)CCC(c2ccc(O)cc2)CC1.O=C(NC1(C(=O)O)CCC(c2ccc(O)cc2)CC1)OCC1c2ccccc2-c2ccccc21. The summed E-state index contributed by atoms with van der Waals surface area (Å²) in [6.07, 6.45) is 3.77. The maximum absolute atomic E-state index is 12.8. The first-order valence-corrected chi connectivity index (χ1v) is 17.4. The van der Waals surface area contributed by atoms with Gasteiger partial charge in [-0.3, -0.25) is 4.79 Å². The molecule has 2 fully saturated rings. The fourth-order valence-corrected chi connectivity index (χ4v) is 7.84. The Hall–Kier alpha value is -5.35. The maximum atomic E-state index is 12.8. The first kappa shape index (κ1) is 35.5. The van der Waals surface area contributed by atoms with Crippen molar-refractivity contribution in [3.63, 3.8) is 0 Å². The number of carbonyl (C=O) groups is 3. The standard InChI is InChI=1S/C28H27NO5.C13H17NO3/c30-20-11-9-18(10-12-20)19-13-15-28(16-14-19,26(31)32)29-27(33)34-17-25-23-7-3-1-5-21(23)22-6-2-4-8-24(22)25;14-13(12(16)17)7-5-10(6-8-13)9-1-3-11(15)4-2-9/h1-12,19,25,30H,13-17H2,(H,29,33)(H,31,32);1-4,10,15H,5-8,14H2,(H,16,17). The Balaban J connectivity index is 0.000000221. The molecule has 0 unspecified atom stereocenters. The number of hydrogen-bond acceptors (Lipinski definition) is 7. The number of aromatic hydroxyl groups is 2. The van der Waals surface area contributed by atoms with Crippen molar-refractivity contribution < 1.29 is 39.5 Å². The van der Waals surface area contributed by atoms with Gasteiger partial charge in [-0.25, -0.2) is 9.59 Å². The minimum absolute atomic E-state index is 0.0795. The van der Waals surface area contributed by atoms with Gasteiger partial charge in [0.25, 0.3) is 0 Å². The lowest BCUT2D eigenvalue weighted by atomic mass is 9.74. The van der Waals surface area contributed by atoms with E-state index in [1.165, 1.54) is 0 Å². The summed E-state index contributed by atoms with van der Waals surface area (Å²) in [6.45, 7) is 0.145. The van der Waals surface area contributed by atoms with Gasteiger partial charge in [0.2, 0.25) is 0 Å². The first-order chi connectivity index (χ1) is 24.5. The van der Waals surface area contributed by atoms with Gasteiger partial charge in [0.05, 0.1) is 0 Å². The van der Waals surface area contributed by atoms with Crippen LogP contribution in [0.25, 0.3) is 11.1 Å². The molecule has 266 valence electrons. The van der Waals surface area contributed by atoms with Crippen LogP contribution in [0.2, 0.25) is 0 Å². The third-order valence-corrected chi connectivity index (χ3v) is 11.0. The van der Waals surface area contributed by atoms with Crippen LogP contribution in [0.3, 0.4) is 0 Å². The number of nitrogens with one attached hydrogen (secondary N) is 1. The number of amides is 1. The average Bonchev–Trinajstić information content (AvgIpc) is 3.46. The summed E-state index contributed by atoms with van der Waals surface area (Å²) in [5, 5.41) is 40.4. The number of carboxylic acids is 2. The lowest BCUT2D eigenvalue weighted by molar-refractivity contribution is -0.146. The Kier molecular flexibility index (Phi) is 10.3. The molecule has 0 heterocycles. The van der Waals surface area contributed by atoms with Crippen molar-refractivity contribution >= 4 is 18.0 Å². The number of rotatable bonds is 7. The van der Waals surface area contributed by atoms with Crippen molar-refractivity contribution in [2.75, 3.05) is 6.61 Å². The monoisotopic (exact) mass is 692 g/mol. The molecule has 10 nitrogen and oxygen atoms in total. The fourth-order valence-electron chi connectivity index (χ4n) is 7.84. The Morgan fingerprint density at radius 2 is 1.08 bits per heavy atom. The molecule has 0 atom stereocenters. The Labute approximate surface area is 296 Å². The van der Waals surface area contributed by atoms with Gasteiger partial charge in [-0.1, -0.05) is 72.8 Å². The van der Waals surface area contributed by atoms with Gasteiger partial charge in [0.15, 0.2) is 0 Å². The molecule has 51 heavy (non-hydrogen) atoms. The number of aliphatic carboxylic acids is 2. The topological polar surface area (TPSA) is 179 Å². The average molecular weight is 693 g/mol. The summed E-state index contributed by atoms with van der Waals surface area (Å²) in [5.41, 5.74) is 10.2. The summed E-state index contributed by atoms with van der Waals surface area (Å²) in [5.74, 6) is -1.01. The molecule has 2 saturated carbocycles. The predicted octanol–water partition coefficient (Wildman–Crippen LogP) is 7.24. The third-order valence-electron chi connectivity index (χ3n) is 11.0. The van der Waals surface area contributed by atoms with Gasteiger partial charge >= 0.3 is 18.0 Å². The zero-order valence-electron chi connectivity index (χ0n) is 28.3. The Bertz CT molecular complexity index is 1810. The van der Waals surface area contributed by atoms with Crippen molar-refractivity contribution in [2.24, 2.45) is 5.73 Å². The predicted molar refractivity (Wildman–Crippen MR) is 192 cm³/mol. The molecule has 0 aromatic heterocycles. The smallest absolute Gasteiger partial charge is 0.408 e. The molecule has 7 N–H and O–H groups in total. The highest BCUT2D eigenvalue weighted by molar-refractivity contribution is 5.85. The molecule has 0 radical (unpaired) electrons. The quantitative estimate of drug-likeness (QED) is 0.116. The van der Waals surface area contributed by atoms with Crippen LogP contribution in [0, 0.1) is 0 Å². The van der Waals surface area contributed by atoms with Crippen molar-refractivity contribution in [2.45, 2.75) is 80.2 Å². The van der Waals surface area contributed by atoms with E-state index in [4.69, 9.17) is 15.6 Å². The van der Waals surface area contributed by atoms with E-state index in [-0.39, 0.29) is 29.9 Å². The van der Waals surface area contributed by atoms with E-state index in [2.05, 4.69) is 17.4 Å². The molecule has 0 bridgehead atoms. The van der Waals surface area contributed by atoms with Crippen LogP contribution in [0.1, 0.15) is 91.4 Å². The van der Waals surface area contributed by atoms with E-state index in [1.807, 2.05) is 60.7 Å². The number of carbonyl (C=O) groups excluding carboxylic acids is 1. The van der Waals surface area contributed by atoms with Crippen LogP contribution in [-0.4, -0.2) is 56.1 Å². The molecule has 3 aliphatic carbocycles. The van der Waals surface area contributed by atoms with Crippen LogP contribution in [0.5, 0.6) is 11.5 Å². The van der Waals surface area contributed by atoms with Crippen LogP contribution >= 0.6 is 0 Å². The molecule has 1 amide bonds. The minimum atomic E-state index is -1.34. The van der Waals surface area contributed by atoms with Crippen LogP contribution in [0.4, 0.5) is 4.79 Å². The van der Waals surface area contributed by atoms with Crippen LogP contribution in [-0.2, 0) is 14.3 Å². The van der Waals surface area contributed by atoms with Gasteiger partial charge < -0.3 is 36.2 Å². The minimum Gasteiger partial charge on any atom is -0.508 e. The van der Waals surface area contributed by atoms with Crippen LogP contribution in [0.15, 0.2) is 97.1 Å². The highest BCUT2D eigenvalue weighted by Gasteiger charge is 2.44. The van der Waals surface area contributed by atoms with E-state index in [9.17, 15) is 29.7 Å². The zero-order valence-corrected chi connectivity index (χ0v) is 28.3. The van der Waals surface area contributed by atoms with Gasteiger partial charge in [-0.15, -0.1) is 0 Å². The summed E-state index contributed by atoms with van der Waals surface area (Å²) >= 11 is 0. The molecule has 3 aliphatic rings. The normalized spacial score (nSPS) is 23.9. The number of phenols is 2. The number of alkyl carbamates (subject to hydrolysis) is 1. The van der Waals surface area contributed by atoms with Crippen molar-refractivity contribution in [1.82, 2.24) is 5.32 Å². The molecule has 4 aromatic carbocycles. The van der Waals surface area contributed by atoms with E-state index in [0.717, 1.165) is 46.2 Å². The molecule has 7 rings (SSSR count). The fraction of sp³-hybridized carbons (Fsp3) is 0.341. The van der Waals surface area contributed by atoms with Crippen molar-refractivity contribution in [3.05, 3.63) is 119 Å². The second kappa shape index (κ2) is 14.9. The second-order valence-electron chi connectivity index (χ2n) is 14.0. The van der Waals surface area contributed by atoms with Gasteiger partial charge in [0, 0.05) is 5.92 Å². The van der Waals surface area contributed by atoms with E-state index >= 15 is 0 Å². The number of fused-ring (bicyclic) bond motifs is 3. The van der Waals surface area contributed by atoms with Gasteiger partial charge in [-0.05, 0) is 121 Å². The highest BCUT2D eigenvalue weighted by atomic mass is 16.5. The largest absolute Gasteiger partial charge is 0.508 e. The lowest BCUT2D eigenvalue weighted by Gasteiger charge is -2.37. The van der Waals surface area contributed by atoms with E-state index < -0.39 is 29.1 Å². The van der Waals surface area contributed by atoms with Crippen LogP contribution < -0.4 is 11.1 Å². The van der Waals surface area contributed by atoms with Gasteiger partial charge in [-0.2, -0.15) is 0 Å². The number of carboxylic acid groups (broad SMARTS) is 2. The van der Waals surface area contributed by atoms with E-state index in [1.54, 1.807) is 24.3 Å². The number of hydrogen-bond donors (Lipinski definition) is 6. The van der Waals surface area contributed by atoms with Gasteiger partial charge in [0.1, 0.15) is 29.2 Å². The van der Waals surface area contributed by atoms with Crippen molar-refractivity contribution in [1.29, 1.82) is 0 Å². The third kappa shape index (κ3) is 7.71. The molecule has 0 aliphatic heterocycles. The summed E-state index contributed by atoms with van der Waals surface area (Å²) in [7, 11) is 0. The summed E-state index contributed by atoms with van der Waals surface area (Å²) in [4.78, 5) is 36.0. The molecule has 0 saturated heterocycles. The molecular formula is C41H44N2O8. The summed E-state index contributed by atoms with van der Waals surface area (Å²) in [6, 6.07) is 30.3. The van der Waals surface area contributed by atoms with Crippen molar-refractivity contribution in [3.8, 4) is 22.6 Å². The first-order valence-electron chi connectivity index (χ1n) is 17.4. The second-order valence-corrected chi connectivity index (χ2v) is 14.0. The number of phenolic OH excluding ortho intramolecular Hbond substituents is 2. The highest BCUT2D eigenvalue weighted by Crippen LogP contribution is 2.45. The lowest BCUT2D eigenvalue weighted by Crippen LogP contribution is -2.56. The summed E-state index contributed by atoms with van der Waals surface area (Å²) < 4.78 is 5.60. The molecule has 10 heteroatoms. The molecule has 0 spiro atoms. The number of benzene rings is 4. The van der Waals surface area contributed by atoms with E-state index in [0.29, 0.717) is 44.4 Å². The number of nitrogens with two attached hydrogens (primary N) is 1. The molecule has 4 aromatic rings. The Morgan fingerprint density at radius 3 is 1.51 bits per heavy atom. The Morgan fingerprint density at radius 1 is 0.647 bits per heavy atom. The maximum Gasteiger partial charge on any atom is 0.408 e. The zero-order chi connectivity index (χ0) is 36.2. The molecular weight excluding hydrogens is 648 g/mol.